The number of benzene rings is 2. The standard InChI is InChI=1S/C20H23NO5S/c1-14(2)11-18(20(23)24)21-19(22)16-9-6-10-17(12-16)27(25,26)13-15-7-4-3-5-8-15/h3-10,12,14,18H,11,13H2,1-2H3,(H,21,22)(H,23,24)/t18-/m0/s1. The van der Waals surface area contributed by atoms with Gasteiger partial charge in [0, 0.05) is 5.56 Å². The minimum absolute atomic E-state index is 0.0229. The highest BCUT2D eigenvalue weighted by atomic mass is 32.2. The number of aliphatic carboxylic acids is 1. The molecule has 7 heteroatoms. The Morgan fingerprint density at radius 3 is 2.30 bits per heavy atom. The molecule has 6 nitrogen and oxygen atoms in total. The molecule has 144 valence electrons. The second-order valence-electron chi connectivity index (χ2n) is 6.77. The van der Waals surface area contributed by atoms with Crippen LogP contribution < -0.4 is 5.32 Å². The summed E-state index contributed by atoms with van der Waals surface area (Å²) in [6.07, 6.45) is 0.285. The Morgan fingerprint density at radius 1 is 1.04 bits per heavy atom. The highest BCUT2D eigenvalue weighted by Gasteiger charge is 2.23. The van der Waals surface area contributed by atoms with E-state index in [9.17, 15) is 23.1 Å². The quantitative estimate of drug-likeness (QED) is 0.723. The highest BCUT2D eigenvalue weighted by Crippen LogP contribution is 2.18. The summed E-state index contributed by atoms with van der Waals surface area (Å²) in [5.74, 6) is -1.82. The lowest BCUT2D eigenvalue weighted by Crippen LogP contribution is -2.41. The first-order valence-corrected chi connectivity index (χ1v) is 10.2. The molecule has 0 saturated carbocycles. The van der Waals surface area contributed by atoms with Crippen LogP contribution in [0, 0.1) is 5.92 Å². The van der Waals surface area contributed by atoms with Crippen molar-refractivity contribution >= 4 is 21.7 Å². The maximum atomic E-state index is 12.6. The van der Waals surface area contributed by atoms with E-state index in [2.05, 4.69) is 5.32 Å². The molecule has 0 bridgehead atoms. The van der Waals surface area contributed by atoms with E-state index >= 15 is 0 Å². The van der Waals surface area contributed by atoms with Crippen molar-refractivity contribution < 1.29 is 23.1 Å². The molecule has 0 radical (unpaired) electrons. The zero-order valence-corrected chi connectivity index (χ0v) is 16.1. The largest absolute Gasteiger partial charge is 0.480 e. The summed E-state index contributed by atoms with van der Waals surface area (Å²) < 4.78 is 25.3. The lowest BCUT2D eigenvalue weighted by Gasteiger charge is -2.16. The van der Waals surface area contributed by atoms with Gasteiger partial charge in [-0.15, -0.1) is 0 Å². The number of carbonyl (C=O) groups excluding carboxylic acids is 1. The Kier molecular flexibility index (Phi) is 6.74. The van der Waals surface area contributed by atoms with Crippen molar-refractivity contribution in [3.05, 3.63) is 65.7 Å². The number of sulfone groups is 1. The third kappa shape index (κ3) is 5.92. The minimum Gasteiger partial charge on any atom is -0.480 e. The van der Waals surface area contributed by atoms with Gasteiger partial charge in [-0.1, -0.05) is 50.2 Å². The van der Waals surface area contributed by atoms with E-state index in [1.54, 1.807) is 30.3 Å². The zero-order chi connectivity index (χ0) is 20.0. The van der Waals surface area contributed by atoms with Crippen molar-refractivity contribution in [2.45, 2.75) is 37.0 Å². The molecule has 0 saturated heterocycles. The summed E-state index contributed by atoms with van der Waals surface area (Å²) in [5, 5.41) is 11.7. The average Bonchev–Trinajstić information content (AvgIpc) is 2.61. The van der Waals surface area contributed by atoms with Crippen molar-refractivity contribution in [1.29, 1.82) is 0 Å². The first kappa shape index (κ1) is 20.6. The SMILES string of the molecule is CC(C)C[C@H](NC(=O)c1cccc(S(=O)(=O)Cc2ccccc2)c1)C(=O)O. The average molecular weight is 389 g/mol. The molecule has 1 amide bonds. The van der Waals surface area contributed by atoms with Crippen LogP contribution in [0.5, 0.6) is 0 Å². The Hall–Kier alpha value is -2.67. The van der Waals surface area contributed by atoms with Crippen LogP contribution in [0.3, 0.4) is 0 Å². The van der Waals surface area contributed by atoms with Gasteiger partial charge in [0.25, 0.3) is 5.91 Å². The zero-order valence-electron chi connectivity index (χ0n) is 15.3. The van der Waals surface area contributed by atoms with Crippen LogP contribution in [0.4, 0.5) is 0 Å². The summed E-state index contributed by atoms with van der Waals surface area (Å²) in [6.45, 7) is 3.72. The van der Waals surface area contributed by atoms with Crippen LogP contribution in [0.15, 0.2) is 59.5 Å². The van der Waals surface area contributed by atoms with Crippen molar-refractivity contribution in [3.8, 4) is 0 Å². The lowest BCUT2D eigenvalue weighted by molar-refractivity contribution is -0.139. The molecule has 0 aliphatic heterocycles. The predicted molar refractivity (Wildman–Crippen MR) is 102 cm³/mol. The van der Waals surface area contributed by atoms with Gasteiger partial charge >= 0.3 is 5.97 Å². The summed E-state index contributed by atoms with van der Waals surface area (Å²) in [4.78, 5) is 23.8. The van der Waals surface area contributed by atoms with E-state index in [4.69, 9.17) is 0 Å². The Balaban J connectivity index is 2.21. The molecule has 2 rings (SSSR count). The van der Waals surface area contributed by atoms with Crippen LogP contribution in [0.25, 0.3) is 0 Å². The topological polar surface area (TPSA) is 101 Å². The van der Waals surface area contributed by atoms with Crippen LogP contribution in [-0.4, -0.2) is 31.4 Å². The summed E-state index contributed by atoms with van der Waals surface area (Å²) in [7, 11) is -3.63. The van der Waals surface area contributed by atoms with E-state index < -0.39 is 27.8 Å². The Labute approximate surface area is 159 Å². The third-order valence-corrected chi connectivity index (χ3v) is 5.65. The van der Waals surface area contributed by atoms with Crippen LogP contribution in [0.2, 0.25) is 0 Å². The van der Waals surface area contributed by atoms with E-state index in [0.717, 1.165) is 0 Å². The normalized spacial score (nSPS) is 12.6. The van der Waals surface area contributed by atoms with E-state index in [-0.39, 0.29) is 28.6 Å². The van der Waals surface area contributed by atoms with Gasteiger partial charge in [0.15, 0.2) is 9.84 Å². The van der Waals surface area contributed by atoms with Gasteiger partial charge in [-0.2, -0.15) is 0 Å². The monoisotopic (exact) mass is 389 g/mol. The van der Waals surface area contributed by atoms with Crippen molar-refractivity contribution in [2.24, 2.45) is 5.92 Å². The number of carboxylic acid groups (broad SMARTS) is 1. The van der Waals surface area contributed by atoms with Gasteiger partial charge in [-0.05, 0) is 36.1 Å². The molecular weight excluding hydrogens is 366 g/mol. The van der Waals surface area contributed by atoms with Crippen molar-refractivity contribution in [2.75, 3.05) is 0 Å². The van der Waals surface area contributed by atoms with Gasteiger partial charge in [-0.25, -0.2) is 13.2 Å². The number of hydrogen-bond acceptors (Lipinski definition) is 4. The molecule has 0 aliphatic rings. The number of carbonyl (C=O) groups is 2. The highest BCUT2D eigenvalue weighted by molar-refractivity contribution is 7.90. The fourth-order valence-electron chi connectivity index (χ4n) is 2.64. The molecule has 0 aliphatic carbocycles. The minimum atomic E-state index is -3.63. The number of nitrogens with one attached hydrogen (secondary N) is 1. The Bertz CT molecular complexity index is 907. The van der Waals surface area contributed by atoms with E-state index in [0.29, 0.717) is 5.56 Å². The molecule has 2 N–H and O–H groups in total. The van der Waals surface area contributed by atoms with Crippen LogP contribution in [0.1, 0.15) is 36.2 Å². The van der Waals surface area contributed by atoms with Crippen molar-refractivity contribution in [1.82, 2.24) is 5.32 Å². The fourth-order valence-corrected chi connectivity index (χ4v) is 4.03. The maximum absolute atomic E-state index is 12.6. The fraction of sp³-hybridized carbons (Fsp3) is 0.300. The van der Waals surface area contributed by atoms with Gasteiger partial charge in [0.05, 0.1) is 10.6 Å². The van der Waals surface area contributed by atoms with Gasteiger partial charge in [0.1, 0.15) is 6.04 Å². The van der Waals surface area contributed by atoms with E-state index in [1.165, 1.54) is 24.3 Å². The predicted octanol–water partition coefficient (Wildman–Crippen LogP) is 2.89. The molecule has 0 heterocycles. The van der Waals surface area contributed by atoms with Gasteiger partial charge < -0.3 is 10.4 Å². The second kappa shape index (κ2) is 8.81. The second-order valence-corrected chi connectivity index (χ2v) is 8.76. The number of amides is 1. The lowest BCUT2D eigenvalue weighted by atomic mass is 10.0. The molecule has 1 atom stereocenters. The molecule has 27 heavy (non-hydrogen) atoms. The summed E-state index contributed by atoms with van der Waals surface area (Å²) in [6, 6.07) is 13.4. The number of hydrogen-bond donors (Lipinski definition) is 2. The molecule has 0 unspecified atom stereocenters. The van der Waals surface area contributed by atoms with Crippen molar-refractivity contribution in [3.63, 3.8) is 0 Å². The molecule has 2 aromatic rings. The van der Waals surface area contributed by atoms with Crippen LogP contribution in [-0.2, 0) is 20.4 Å². The molecule has 0 fully saturated rings. The smallest absolute Gasteiger partial charge is 0.326 e. The molecule has 2 aromatic carbocycles. The molecule has 0 aromatic heterocycles. The maximum Gasteiger partial charge on any atom is 0.326 e. The third-order valence-electron chi connectivity index (χ3n) is 3.97. The van der Waals surface area contributed by atoms with E-state index in [1.807, 2.05) is 13.8 Å². The van der Waals surface area contributed by atoms with Gasteiger partial charge in [0.2, 0.25) is 0 Å². The first-order chi connectivity index (χ1) is 12.7. The number of carboxylic acids is 1. The molecule has 0 spiro atoms. The molecular formula is C20H23NO5S. The first-order valence-electron chi connectivity index (χ1n) is 8.59. The van der Waals surface area contributed by atoms with Crippen LogP contribution >= 0.6 is 0 Å². The summed E-state index contributed by atoms with van der Waals surface area (Å²) in [5.41, 5.74) is 0.759. The Morgan fingerprint density at radius 2 is 1.70 bits per heavy atom. The summed E-state index contributed by atoms with van der Waals surface area (Å²) >= 11 is 0. The van der Waals surface area contributed by atoms with Gasteiger partial charge in [-0.3, -0.25) is 4.79 Å². The number of rotatable bonds is 8.